The summed E-state index contributed by atoms with van der Waals surface area (Å²) in [6.07, 6.45) is 0. The van der Waals surface area contributed by atoms with E-state index < -0.39 is 0 Å². The van der Waals surface area contributed by atoms with Crippen LogP contribution >= 0.6 is 0 Å². The molecular weight excluding hydrogens is 257 g/mol. The van der Waals surface area contributed by atoms with Crippen molar-refractivity contribution >= 4 is 5.69 Å². The van der Waals surface area contributed by atoms with Crippen molar-refractivity contribution in [2.24, 2.45) is 0 Å². The molecule has 1 aromatic carbocycles. The summed E-state index contributed by atoms with van der Waals surface area (Å²) in [5.41, 5.74) is 1.72. The lowest BCUT2D eigenvalue weighted by Gasteiger charge is -2.37. The standard InChI is InChI=1S/C15H24FN3O/c1-12(17-2)15-13(16)4-3-5-14(15)19-8-6-18(7-9-19)10-11-20/h3-5,12,17,20H,6-11H2,1-2H3. The van der Waals surface area contributed by atoms with Crippen molar-refractivity contribution in [3.8, 4) is 0 Å². The van der Waals surface area contributed by atoms with Crippen LogP contribution in [0.2, 0.25) is 0 Å². The fourth-order valence-corrected chi connectivity index (χ4v) is 2.73. The topological polar surface area (TPSA) is 38.7 Å². The molecule has 2 rings (SSSR count). The Morgan fingerprint density at radius 1 is 1.30 bits per heavy atom. The van der Waals surface area contributed by atoms with Gasteiger partial charge in [0.1, 0.15) is 5.82 Å². The van der Waals surface area contributed by atoms with Crippen LogP contribution in [0.5, 0.6) is 0 Å². The van der Waals surface area contributed by atoms with E-state index >= 15 is 0 Å². The van der Waals surface area contributed by atoms with Gasteiger partial charge in [-0.1, -0.05) is 6.07 Å². The van der Waals surface area contributed by atoms with Gasteiger partial charge in [0.25, 0.3) is 0 Å². The van der Waals surface area contributed by atoms with Gasteiger partial charge < -0.3 is 15.3 Å². The molecule has 0 amide bonds. The SMILES string of the molecule is CNC(C)c1c(F)cccc1N1CCN(CCO)CC1. The van der Waals surface area contributed by atoms with E-state index in [0.29, 0.717) is 0 Å². The largest absolute Gasteiger partial charge is 0.395 e. The Morgan fingerprint density at radius 3 is 2.60 bits per heavy atom. The minimum atomic E-state index is -0.151. The molecule has 0 spiro atoms. The molecule has 1 aromatic rings. The van der Waals surface area contributed by atoms with E-state index in [1.54, 1.807) is 6.07 Å². The molecule has 112 valence electrons. The molecule has 1 fully saturated rings. The summed E-state index contributed by atoms with van der Waals surface area (Å²) in [5, 5.41) is 12.1. The van der Waals surface area contributed by atoms with Crippen LogP contribution in [-0.2, 0) is 0 Å². The van der Waals surface area contributed by atoms with Gasteiger partial charge in [-0.25, -0.2) is 4.39 Å². The van der Waals surface area contributed by atoms with E-state index in [0.717, 1.165) is 44.0 Å². The van der Waals surface area contributed by atoms with Crippen molar-refractivity contribution in [1.29, 1.82) is 0 Å². The van der Waals surface area contributed by atoms with Crippen LogP contribution in [-0.4, -0.2) is 56.4 Å². The molecule has 0 radical (unpaired) electrons. The van der Waals surface area contributed by atoms with Crippen molar-refractivity contribution in [1.82, 2.24) is 10.2 Å². The number of benzene rings is 1. The van der Waals surface area contributed by atoms with Crippen LogP contribution < -0.4 is 10.2 Å². The first-order valence-electron chi connectivity index (χ1n) is 7.21. The number of hydrogen-bond acceptors (Lipinski definition) is 4. The highest BCUT2D eigenvalue weighted by molar-refractivity contribution is 5.56. The summed E-state index contributed by atoms with van der Waals surface area (Å²) in [6.45, 7) is 6.44. The van der Waals surface area contributed by atoms with Crippen LogP contribution in [0.1, 0.15) is 18.5 Å². The van der Waals surface area contributed by atoms with Crippen LogP contribution in [0.25, 0.3) is 0 Å². The molecule has 0 saturated carbocycles. The number of aliphatic hydroxyl groups is 1. The highest BCUT2D eigenvalue weighted by atomic mass is 19.1. The number of nitrogens with zero attached hydrogens (tertiary/aromatic N) is 2. The summed E-state index contributed by atoms with van der Waals surface area (Å²) in [5.74, 6) is -0.151. The zero-order chi connectivity index (χ0) is 14.5. The molecule has 4 nitrogen and oxygen atoms in total. The van der Waals surface area contributed by atoms with Crippen molar-refractivity contribution in [2.45, 2.75) is 13.0 Å². The number of piperazine rings is 1. The summed E-state index contributed by atoms with van der Waals surface area (Å²) < 4.78 is 14.1. The third-order valence-electron chi connectivity index (χ3n) is 4.03. The lowest BCUT2D eigenvalue weighted by molar-refractivity contribution is 0.188. The van der Waals surface area contributed by atoms with Gasteiger partial charge in [0.05, 0.1) is 6.61 Å². The first-order valence-corrected chi connectivity index (χ1v) is 7.21. The Hall–Kier alpha value is -1.17. The Bertz CT molecular complexity index is 433. The van der Waals surface area contributed by atoms with E-state index in [1.807, 2.05) is 20.0 Å². The van der Waals surface area contributed by atoms with Gasteiger partial charge in [-0.3, -0.25) is 4.90 Å². The van der Waals surface area contributed by atoms with Gasteiger partial charge >= 0.3 is 0 Å². The second-order valence-corrected chi connectivity index (χ2v) is 5.24. The highest BCUT2D eigenvalue weighted by Gasteiger charge is 2.22. The molecule has 0 aromatic heterocycles. The monoisotopic (exact) mass is 281 g/mol. The third-order valence-corrected chi connectivity index (χ3v) is 4.03. The molecule has 0 bridgehead atoms. The maximum absolute atomic E-state index is 14.1. The Kier molecular flexibility index (Phi) is 5.34. The molecule has 1 aliphatic rings. The third kappa shape index (κ3) is 3.29. The van der Waals surface area contributed by atoms with Crippen LogP contribution in [0, 0.1) is 5.82 Å². The number of β-amino-alcohol motifs (C(OH)–C–C–N with tert-alkyl or cyclic N) is 1. The zero-order valence-electron chi connectivity index (χ0n) is 12.3. The van der Waals surface area contributed by atoms with Gasteiger partial charge in [-0.2, -0.15) is 0 Å². The second kappa shape index (κ2) is 7.02. The molecular formula is C15H24FN3O. The van der Waals surface area contributed by atoms with Crippen LogP contribution in [0.15, 0.2) is 18.2 Å². The number of aliphatic hydroxyl groups excluding tert-OH is 1. The Labute approximate surface area is 120 Å². The number of hydrogen-bond donors (Lipinski definition) is 2. The van der Waals surface area contributed by atoms with Crippen LogP contribution in [0.4, 0.5) is 10.1 Å². The van der Waals surface area contributed by atoms with Crippen molar-refractivity contribution in [2.75, 3.05) is 51.3 Å². The van der Waals surface area contributed by atoms with Crippen molar-refractivity contribution in [3.05, 3.63) is 29.6 Å². The molecule has 0 aliphatic carbocycles. The highest BCUT2D eigenvalue weighted by Crippen LogP contribution is 2.29. The molecule has 1 aliphatic heterocycles. The number of rotatable bonds is 5. The van der Waals surface area contributed by atoms with Gasteiger partial charge in [0.15, 0.2) is 0 Å². The average molecular weight is 281 g/mol. The fourth-order valence-electron chi connectivity index (χ4n) is 2.73. The number of anilines is 1. The van der Waals surface area contributed by atoms with Gasteiger partial charge in [-0.15, -0.1) is 0 Å². The second-order valence-electron chi connectivity index (χ2n) is 5.24. The van der Waals surface area contributed by atoms with Crippen molar-refractivity contribution < 1.29 is 9.50 Å². The first kappa shape index (κ1) is 15.2. The zero-order valence-corrected chi connectivity index (χ0v) is 12.3. The lowest BCUT2D eigenvalue weighted by Crippen LogP contribution is -2.47. The van der Waals surface area contributed by atoms with E-state index in [4.69, 9.17) is 5.11 Å². The lowest BCUT2D eigenvalue weighted by atomic mass is 10.0. The smallest absolute Gasteiger partial charge is 0.130 e. The molecule has 5 heteroatoms. The predicted molar refractivity (Wildman–Crippen MR) is 79.6 cm³/mol. The molecule has 1 saturated heterocycles. The summed E-state index contributed by atoms with van der Waals surface area (Å²) in [4.78, 5) is 4.47. The van der Waals surface area contributed by atoms with Gasteiger partial charge in [-0.05, 0) is 26.1 Å². The van der Waals surface area contributed by atoms with E-state index in [9.17, 15) is 4.39 Å². The Balaban J connectivity index is 2.15. The van der Waals surface area contributed by atoms with Gasteiger partial charge in [0.2, 0.25) is 0 Å². The van der Waals surface area contributed by atoms with Crippen molar-refractivity contribution in [3.63, 3.8) is 0 Å². The molecule has 20 heavy (non-hydrogen) atoms. The first-order chi connectivity index (χ1) is 9.67. The average Bonchev–Trinajstić information content (AvgIpc) is 2.47. The normalized spacial score (nSPS) is 18.3. The Morgan fingerprint density at radius 2 is 2.00 bits per heavy atom. The molecule has 1 unspecified atom stereocenters. The minimum absolute atomic E-state index is 0.0123. The van der Waals surface area contributed by atoms with E-state index in [-0.39, 0.29) is 18.5 Å². The summed E-state index contributed by atoms with van der Waals surface area (Å²) in [7, 11) is 1.85. The number of halogens is 1. The fraction of sp³-hybridized carbons (Fsp3) is 0.600. The molecule has 1 heterocycles. The maximum atomic E-state index is 14.1. The summed E-state index contributed by atoms with van der Waals surface area (Å²) in [6, 6.07) is 5.28. The van der Waals surface area contributed by atoms with Crippen LogP contribution in [0.3, 0.4) is 0 Å². The molecule has 1 atom stereocenters. The predicted octanol–water partition coefficient (Wildman–Crippen LogP) is 1.22. The molecule has 2 N–H and O–H groups in total. The number of nitrogens with one attached hydrogen (secondary N) is 1. The van der Waals surface area contributed by atoms with E-state index in [1.165, 1.54) is 6.07 Å². The van der Waals surface area contributed by atoms with E-state index in [2.05, 4.69) is 15.1 Å². The minimum Gasteiger partial charge on any atom is -0.395 e. The summed E-state index contributed by atoms with van der Waals surface area (Å²) >= 11 is 0. The maximum Gasteiger partial charge on any atom is 0.130 e. The quantitative estimate of drug-likeness (QED) is 0.851. The van der Waals surface area contributed by atoms with Gasteiger partial charge in [0, 0.05) is 50.0 Å².